The van der Waals surface area contributed by atoms with Crippen molar-refractivity contribution in [3.63, 3.8) is 0 Å². The summed E-state index contributed by atoms with van der Waals surface area (Å²) >= 11 is 0. The number of rotatable bonds is 4. The van der Waals surface area contributed by atoms with Crippen molar-refractivity contribution in [2.45, 2.75) is 13.3 Å². The Hall–Kier alpha value is -1.91. The number of ether oxygens (including phenoxy) is 1. The summed E-state index contributed by atoms with van der Waals surface area (Å²) in [6, 6.07) is 8.20. The molecule has 1 saturated heterocycles. The third-order valence-electron chi connectivity index (χ3n) is 3.54. The van der Waals surface area contributed by atoms with Crippen molar-refractivity contribution >= 4 is 11.6 Å². The lowest BCUT2D eigenvalue weighted by atomic mass is 10.2. The molecule has 110 valence electrons. The molecule has 1 aromatic rings. The first kappa shape index (κ1) is 14.5. The number of methoxy groups -OCH3 is 1. The molecule has 0 bridgehead atoms. The summed E-state index contributed by atoms with van der Waals surface area (Å²) < 4.78 is 5.18. The van der Waals surface area contributed by atoms with E-state index < -0.39 is 0 Å². The van der Waals surface area contributed by atoms with E-state index in [2.05, 4.69) is 33.8 Å². The van der Waals surface area contributed by atoms with Crippen molar-refractivity contribution in [2.75, 3.05) is 44.7 Å². The van der Waals surface area contributed by atoms with Crippen LogP contribution in [0.15, 0.2) is 29.3 Å². The van der Waals surface area contributed by atoms with E-state index >= 15 is 0 Å². The van der Waals surface area contributed by atoms with Crippen molar-refractivity contribution < 1.29 is 4.74 Å². The van der Waals surface area contributed by atoms with Crippen LogP contribution in [0.5, 0.6) is 5.75 Å². The zero-order chi connectivity index (χ0) is 14.4. The maximum Gasteiger partial charge on any atom is 0.191 e. The number of aliphatic imine (C=N–C) groups is 1. The molecule has 1 aliphatic rings. The molecular formula is C15H24N4O. The summed E-state index contributed by atoms with van der Waals surface area (Å²) in [5, 5.41) is 0. The molecule has 0 aromatic heterocycles. The normalized spacial score (nSPS) is 16.4. The maximum absolute atomic E-state index is 6.00. The summed E-state index contributed by atoms with van der Waals surface area (Å²) in [7, 11) is 1.69. The van der Waals surface area contributed by atoms with Gasteiger partial charge in [0.25, 0.3) is 0 Å². The molecule has 0 saturated carbocycles. The van der Waals surface area contributed by atoms with Gasteiger partial charge in [-0.25, -0.2) is 0 Å². The first-order valence-corrected chi connectivity index (χ1v) is 7.18. The fraction of sp³-hybridized carbons (Fsp3) is 0.533. The molecular weight excluding hydrogens is 252 g/mol. The lowest BCUT2D eigenvalue weighted by molar-refractivity contribution is 0.380. The molecule has 0 aliphatic carbocycles. The monoisotopic (exact) mass is 276 g/mol. The first-order valence-electron chi connectivity index (χ1n) is 7.18. The van der Waals surface area contributed by atoms with Crippen LogP contribution in [0.2, 0.25) is 0 Å². The SMILES string of the molecule is CCCN=C(N)N1CCN(c2ccc(OC)cc2)CC1. The maximum atomic E-state index is 6.00. The van der Waals surface area contributed by atoms with Gasteiger partial charge in [0.15, 0.2) is 5.96 Å². The zero-order valence-corrected chi connectivity index (χ0v) is 12.4. The average Bonchev–Trinajstić information content (AvgIpc) is 2.53. The second-order valence-corrected chi connectivity index (χ2v) is 4.91. The number of piperazine rings is 1. The van der Waals surface area contributed by atoms with Crippen molar-refractivity contribution in [3.8, 4) is 5.75 Å². The molecule has 5 heteroatoms. The van der Waals surface area contributed by atoms with Crippen LogP contribution < -0.4 is 15.4 Å². The second-order valence-electron chi connectivity index (χ2n) is 4.91. The number of nitrogens with zero attached hydrogens (tertiary/aromatic N) is 3. The van der Waals surface area contributed by atoms with Gasteiger partial charge in [0.2, 0.25) is 0 Å². The minimum absolute atomic E-state index is 0.682. The van der Waals surface area contributed by atoms with Gasteiger partial charge in [-0.2, -0.15) is 0 Å². The number of guanidine groups is 1. The second kappa shape index (κ2) is 7.03. The summed E-state index contributed by atoms with van der Waals surface area (Å²) in [6.45, 7) is 6.70. The largest absolute Gasteiger partial charge is 0.497 e. The van der Waals surface area contributed by atoms with Crippen LogP contribution >= 0.6 is 0 Å². The van der Waals surface area contributed by atoms with Crippen LogP contribution in [0.4, 0.5) is 5.69 Å². The Balaban J connectivity index is 1.90. The molecule has 2 N–H and O–H groups in total. The third-order valence-corrected chi connectivity index (χ3v) is 3.54. The molecule has 5 nitrogen and oxygen atoms in total. The highest BCUT2D eigenvalue weighted by Crippen LogP contribution is 2.20. The van der Waals surface area contributed by atoms with E-state index in [1.807, 2.05) is 12.1 Å². The van der Waals surface area contributed by atoms with Gasteiger partial charge in [0.05, 0.1) is 7.11 Å². The molecule has 1 fully saturated rings. The van der Waals surface area contributed by atoms with Crippen molar-refractivity contribution in [2.24, 2.45) is 10.7 Å². The molecule has 0 amide bonds. The highest BCUT2D eigenvalue weighted by atomic mass is 16.5. The van der Waals surface area contributed by atoms with Crippen LogP contribution in [-0.2, 0) is 0 Å². The fourth-order valence-electron chi connectivity index (χ4n) is 2.31. The van der Waals surface area contributed by atoms with Gasteiger partial charge in [-0.15, -0.1) is 0 Å². The molecule has 0 radical (unpaired) electrons. The topological polar surface area (TPSA) is 54.1 Å². The van der Waals surface area contributed by atoms with E-state index in [0.29, 0.717) is 5.96 Å². The summed E-state index contributed by atoms with van der Waals surface area (Å²) in [4.78, 5) is 8.90. The van der Waals surface area contributed by atoms with E-state index in [1.165, 1.54) is 5.69 Å². The smallest absolute Gasteiger partial charge is 0.191 e. The highest BCUT2D eigenvalue weighted by molar-refractivity contribution is 5.78. The Morgan fingerprint density at radius 1 is 1.20 bits per heavy atom. The van der Waals surface area contributed by atoms with Crippen LogP contribution in [0, 0.1) is 0 Å². The lowest BCUT2D eigenvalue weighted by Crippen LogP contribution is -2.51. The highest BCUT2D eigenvalue weighted by Gasteiger charge is 2.18. The van der Waals surface area contributed by atoms with Crippen LogP contribution in [-0.4, -0.2) is 50.7 Å². The molecule has 0 atom stereocenters. The predicted molar refractivity (Wildman–Crippen MR) is 83.6 cm³/mol. The Labute approximate surface area is 121 Å². The zero-order valence-electron chi connectivity index (χ0n) is 12.4. The van der Waals surface area contributed by atoms with Crippen molar-refractivity contribution in [1.82, 2.24) is 4.90 Å². The van der Waals surface area contributed by atoms with E-state index in [9.17, 15) is 0 Å². The molecule has 20 heavy (non-hydrogen) atoms. The number of hydrogen-bond acceptors (Lipinski definition) is 3. The Morgan fingerprint density at radius 2 is 1.85 bits per heavy atom. The van der Waals surface area contributed by atoms with Gasteiger partial charge >= 0.3 is 0 Å². The van der Waals surface area contributed by atoms with Gasteiger partial charge in [0.1, 0.15) is 5.75 Å². The Morgan fingerprint density at radius 3 is 2.40 bits per heavy atom. The average molecular weight is 276 g/mol. The summed E-state index contributed by atoms with van der Waals surface area (Å²) in [6.07, 6.45) is 1.03. The Bertz CT molecular complexity index is 436. The molecule has 1 aromatic carbocycles. The predicted octanol–water partition coefficient (Wildman–Crippen LogP) is 1.54. The van der Waals surface area contributed by atoms with Gasteiger partial charge in [-0.1, -0.05) is 6.92 Å². The molecule has 0 spiro atoms. The minimum atomic E-state index is 0.682. The number of anilines is 1. The fourth-order valence-corrected chi connectivity index (χ4v) is 2.31. The van der Waals surface area contributed by atoms with Gasteiger partial charge in [0, 0.05) is 38.4 Å². The minimum Gasteiger partial charge on any atom is -0.497 e. The van der Waals surface area contributed by atoms with Gasteiger partial charge in [-0.05, 0) is 30.7 Å². The molecule has 1 aliphatic heterocycles. The molecule has 2 rings (SSSR count). The third kappa shape index (κ3) is 3.56. The molecule has 0 unspecified atom stereocenters. The van der Waals surface area contributed by atoms with Crippen LogP contribution in [0.25, 0.3) is 0 Å². The van der Waals surface area contributed by atoms with E-state index in [-0.39, 0.29) is 0 Å². The van der Waals surface area contributed by atoms with E-state index in [4.69, 9.17) is 10.5 Å². The van der Waals surface area contributed by atoms with E-state index in [1.54, 1.807) is 7.11 Å². The Kier molecular flexibility index (Phi) is 5.09. The quantitative estimate of drug-likeness (QED) is 0.669. The summed E-state index contributed by atoms with van der Waals surface area (Å²) in [5.41, 5.74) is 7.23. The summed E-state index contributed by atoms with van der Waals surface area (Å²) in [5.74, 6) is 1.57. The van der Waals surface area contributed by atoms with Crippen molar-refractivity contribution in [3.05, 3.63) is 24.3 Å². The van der Waals surface area contributed by atoms with Gasteiger partial charge < -0.3 is 20.3 Å². The standard InChI is InChI=1S/C15H24N4O/c1-3-8-17-15(16)19-11-9-18(10-12-19)13-4-6-14(20-2)7-5-13/h4-7H,3,8-12H2,1-2H3,(H2,16,17). The molecule has 1 heterocycles. The van der Waals surface area contributed by atoms with Crippen LogP contribution in [0.1, 0.15) is 13.3 Å². The van der Waals surface area contributed by atoms with E-state index in [0.717, 1.165) is 44.9 Å². The lowest BCUT2D eigenvalue weighted by Gasteiger charge is -2.36. The number of benzene rings is 1. The van der Waals surface area contributed by atoms with Crippen LogP contribution in [0.3, 0.4) is 0 Å². The first-order chi connectivity index (χ1) is 9.74. The number of nitrogens with two attached hydrogens (primary N) is 1. The van der Waals surface area contributed by atoms with Crippen molar-refractivity contribution in [1.29, 1.82) is 0 Å². The number of hydrogen-bond donors (Lipinski definition) is 1. The van der Waals surface area contributed by atoms with Gasteiger partial charge in [-0.3, -0.25) is 4.99 Å².